The molecule has 0 unspecified atom stereocenters. The number of aryl methyl sites for hydroxylation is 2. The number of aromatic nitrogens is 6. The lowest BCUT2D eigenvalue weighted by atomic mass is 10.0. The van der Waals surface area contributed by atoms with Crippen LogP contribution in [0.15, 0.2) is 28.5 Å². The molecule has 5 rings (SSSR count). The zero-order chi connectivity index (χ0) is 19.3. The first-order valence-electron chi connectivity index (χ1n) is 9.70. The van der Waals surface area contributed by atoms with E-state index in [4.69, 9.17) is 4.42 Å². The van der Waals surface area contributed by atoms with Crippen molar-refractivity contribution in [2.75, 3.05) is 25.4 Å². The van der Waals surface area contributed by atoms with E-state index in [1.165, 1.54) is 31.6 Å². The number of rotatable bonds is 7. The van der Waals surface area contributed by atoms with Gasteiger partial charge in [0.05, 0.1) is 12.0 Å². The summed E-state index contributed by atoms with van der Waals surface area (Å²) in [6.45, 7) is 5.43. The predicted octanol–water partition coefficient (Wildman–Crippen LogP) is 2.27. The Kier molecular flexibility index (Phi) is 4.31. The van der Waals surface area contributed by atoms with Gasteiger partial charge in [-0.3, -0.25) is 0 Å². The molecule has 1 saturated heterocycles. The quantitative estimate of drug-likeness (QED) is 0.445. The minimum absolute atomic E-state index is 0.367. The van der Waals surface area contributed by atoms with Crippen molar-refractivity contribution in [2.24, 2.45) is 20.0 Å². The van der Waals surface area contributed by atoms with Gasteiger partial charge in [-0.05, 0) is 32.2 Å². The topological polar surface area (TPSA) is 77.8 Å². The van der Waals surface area contributed by atoms with Gasteiger partial charge in [-0.15, -0.1) is 10.2 Å². The Labute approximate surface area is 168 Å². The molecule has 28 heavy (non-hydrogen) atoms. The summed E-state index contributed by atoms with van der Waals surface area (Å²) in [6.07, 6.45) is 7.89. The first-order chi connectivity index (χ1) is 13.6. The number of oxazole rings is 1. The van der Waals surface area contributed by atoms with Crippen LogP contribution in [0.25, 0.3) is 11.6 Å². The molecule has 148 valence electrons. The fraction of sp³-hybridized carbons (Fsp3) is 0.579. The molecule has 2 fully saturated rings. The van der Waals surface area contributed by atoms with Crippen molar-refractivity contribution in [3.8, 4) is 11.6 Å². The van der Waals surface area contributed by atoms with Crippen LogP contribution in [0.4, 0.5) is 0 Å². The fourth-order valence-corrected chi connectivity index (χ4v) is 5.43. The zero-order valence-corrected chi connectivity index (χ0v) is 17.3. The standard InChI is InChI=1S/C19H25N7OS/c1-13-16(27-12-21-13)17-22-23-18(25(17)3)28-6-4-5-26-9-14-7-19(14,10-26)15-8-20-11-24(15)2/h8,11-12,14H,4-7,9-10H2,1-3H3/t14-,19+/m0/s1. The number of thioether (sulfide) groups is 1. The number of imidazole rings is 1. The summed E-state index contributed by atoms with van der Waals surface area (Å²) in [6, 6.07) is 0. The maximum absolute atomic E-state index is 5.44. The zero-order valence-electron chi connectivity index (χ0n) is 16.5. The molecule has 4 heterocycles. The van der Waals surface area contributed by atoms with Crippen LogP contribution in [0.2, 0.25) is 0 Å². The molecule has 2 atom stereocenters. The summed E-state index contributed by atoms with van der Waals surface area (Å²) < 4.78 is 9.63. The summed E-state index contributed by atoms with van der Waals surface area (Å²) in [5.41, 5.74) is 2.61. The molecule has 9 heteroatoms. The summed E-state index contributed by atoms with van der Waals surface area (Å²) >= 11 is 1.75. The van der Waals surface area contributed by atoms with Gasteiger partial charge >= 0.3 is 0 Å². The lowest BCUT2D eigenvalue weighted by Crippen LogP contribution is -2.28. The van der Waals surface area contributed by atoms with Crippen molar-refractivity contribution < 1.29 is 4.42 Å². The lowest BCUT2D eigenvalue weighted by Gasteiger charge is -2.20. The second-order valence-corrected chi connectivity index (χ2v) is 9.08. The van der Waals surface area contributed by atoms with E-state index < -0.39 is 0 Å². The van der Waals surface area contributed by atoms with Crippen LogP contribution in [0.5, 0.6) is 0 Å². The van der Waals surface area contributed by atoms with Crippen molar-refractivity contribution in [3.05, 3.63) is 30.3 Å². The normalized spacial score (nSPS) is 24.0. The largest absolute Gasteiger partial charge is 0.440 e. The second kappa shape index (κ2) is 6.73. The van der Waals surface area contributed by atoms with E-state index in [-0.39, 0.29) is 0 Å². The highest BCUT2D eigenvalue weighted by Crippen LogP contribution is 2.58. The minimum Gasteiger partial charge on any atom is -0.440 e. The highest BCUT2D eigenvalue weighted by Gasteiger charge is 2.61. The minimum atomic E-state index is 0.367. The third-order valence-electron chi connectivity index (χ3n) is 6.18. The van der Waals surface area contributed by atoms with E-state index in [9.17, 15) is 0 Å². The molecule has 0 N–H and O–H groups in total. The van der Waals surface area contributed by atoms with Crippen LogP contribution in [0, 0.1) is 12.8 Å². The van der Waals surface area contributed by atoms with Gasteiger partial charge in [0, 0.05) is 50.2 Å². The van der Waals surface area contributed by atoms with E-state index >= 15 is 0 Å². The first kappa shape index (κ1) is 17.9. The Hall–Kier alpha value is -2.13. The number of hydrogen-bond donors (Lipinski definition) is 0. The van der Waals surface area contributed by atoms with Gasteiger partial charge < -0.3 is 18.5 Å². The first-order valence-corrected chi connectivity index (χ1v) is 10.7. The van der Waals surface area contributed by atoms with Gasteiger partial charge in [-0.2, -0.15) is 0 Å². The number of likely N-dealkylation sites (tertiary alicyclic amines) is 1. The summed E-state index contributed by atoms with van der Waals surface area (Å²) in [5.74, 6) is 3.26. The third-order valence-corrected chi connectivity index (χ3v) is 7.28. The van der Waals surface area contributed by atoms with Crippen LogP contribution in [-0.2, 0) is 19.5 Å². The highest BCUT2D eigenvalue weighted by atomic mass is 32.2. The Morgan fingerprint density at radius 3 is 2.96 bits per heavy atom. The molecule has 2 aliphatic rings. The average molecular weight is 400 g/mol. The molecular formula is C19H25N7OS. The van der Waals surface area contributed by atoms with Gasteiger partial charge in [0.2, 0.25) is 5.82 Å². The Morgan fingerprint density at radius 1 is 1.32 bits per heavy atom. The number of fused-ring (bicyclic) bond motifs is 1. The van der Waals surface area contributed by atoms with E-state index in [2.05, 4.69) is 42.9 Å². The molecule has 3 aromatic rings. The van der Waals surface area contributed by atoms with Crippen LogP contribution in [-0.4, -0.2) is 59.6 Å². The molecule has 0 bridgehead atoms. The van der Waals surface area contributed by atoms with Gasteiger partial charge in [0.15, 0.2) is 17.3 Å². The average Bonchev–Trinajstić information content (AvgIpc) is 3.16. The summed E-state index contributed by atoms with van der Waals surface area (Å²) in [5, 5.41) is 9.52. The van der Waals surface area contributed by atoms with E-state index in [1.807, 2.05) is 24.9 Å². The summed E-state index contributed by atoms with van der Waals surface area (Å²) in [4.78, 5) is 11.1. The second-order valence-electron chi connectivity index (χ2n) is 8.02. The van der Waals surface area contributed by atoms with Crippen molar-refractivity contribution in [3.63, 3.8) is 0 Å². The van der Waals surface area contributed by atoms with Gasteiger partial charge in [0.25, 0.3) is 0 Å². The molecule has 1 aliphatic heterocycles. The molecule has 0 radical (unpaired) electrons. The molecule has 0 spiro atoms. The Balaban J connectivity index is 1.13. The SMILES string of the molecule is Cc1ncoc1-c1nnc(SCCCN2C[C@@H]3C[C@@]3(c3cncn3C)C2)n1C. The van der Waals surface area contributed by atoms with Gasteiger partial charge in [-0.1, -0.05) is 11.8 Å². The van der Waals surface area contributed by atoms with Crippen molar-refractivity contribution in [1.82, 2.24) is 34.2 Å². The third kappa shape index (κ3) is 2.88. The number of hydrogen-bond acceptors (Lipinski definition) is 7. The van der Waals surface area contributed by atoms with Crippen LogP contribution < -0.4 is 0 Å². The number of nitrogens with zero attached hydrogens (tertiary/aromatic N) is 7. The smallest absolute Gasteiger partial charge is 0.202 e. The van der Waals surface area contributed by atoms with E-state index in [0.717, 1.165) is 41.3 Å². The molecule has 0 aromatic carbocycles. The monoisotopic (exact) mass is 399 g/mol. The maximum Gasteiger partial charge on any atom is 0.202 e. The number of piperidine rings is 1. The Morgan fingerprint density at radius 2 is 2.21 bits per heavy atom. The highest BCUT2D eigenvalue weighted by molar-refractivity contribution is 7.99. The van der Waals surface area contributed by atoms with Crippen LogP contribution in [0.1, 0.15) is 24.2 Å². The van der Waals surface area contributed by atoms with Crippen LogP contribution in [0.3, 0.4) is 0 Å². The predicted molar refractivity (Wildman–Crippen MR) is 106 cm³/mol. The van der Waals surface area contributed by atoms with E-state index in [1.54, 1.807) is 11.8 Å². The van der Waals surface area contributed by atoms with Gasteiger partial charge in [0.1, 0.15) is 0 Å². The van der Waals surface area contributed by atoms with Crippen molar-refractivity contribution in [2.45, 2.75) is 30.3 Å². The molecule has 3 aromatic heterocycles. The molecule has 1 saturated carbocycles. The lowest BCUT2D eigenvalue weighted by molar-refractivity contribution is 0.298. The van der Waals surface area contributed by atoms with E-state index in [0.29, 0.717) is 11.2 Å². The van der Waals surface area contributed by atoms with Crippen LogP contribution >= 0.6 is 11.8 Å². The molecule has 0 amide bonds. The van der Waals surface area contributed by atoms with Gasteiger partial charge in [-0.25, -0.2) is 9.97 Å². The molecule has 1 aliphatic carbocycles. The maximum atomic E-state index is 5.44. The molecular weight excluding hydrogens is 374 g/mol. The van der Waals surface area contributed by atoms with Crippen molar-refractivity contribution >= 4 is 11.8 Å². The van der Waals surface area contributed by atoms with Crippen molar-refractivity contribution in [1.29, 1.82) is 0 Å². The summed E-state index contributed by atoms with van der Waals surface area (Å²) in [7, 11) is 4.09. The molecule has 8 nitrogen and oxygen atoms in total. The Bertz CT molecular complexity index is 992. The fourth-order valence-electron chi connectivity index (χ4n) is 4.60.